The van der Waals surface area contributed by atoms with Crippen molar-refractivity contribution in [3.05, 3.63) is 77.2 Å². The fourth-order valence-corrected chi connectivity index (χ4v) is 4.88. The molecule has 1 amide bonds. The lowest BCUT2D eigenvalue weighted by atomic mass is 10.0. The third kappa shape index (κ3) is 5.79. The van der Waals surface area contributed by atoms with E-state index >= 15 is 0 Å². The molecule has 2 aromatic carbocycles. The number of fused-ring (bicyclic) bond motifs is 1. The van der Waals surface area contributed by atoms with Crippen molar-refractivity contribution in [1.29, 1.82) is 0 Å². The number of aryl methyl sites for hydroxylation is 1. The van der Waals surface area contributed by atoms with Gasteiger partial charge in [0.2, 0.25) is 15.7 Å². The van der Waals surface area contributed by atoms with Crippen LogP contribution in [0.1, 0.15) is 28.5 Å². The Morgan fingerprint density at radius 2 is 1.82 bits per heavy atom. The molecular formula is C27H28FN3O6S. The number of carbonyl (C=O) groups is 1. The number of ether oxygens (including phenoxy) is 2. The van der Waals surface area contributed by atoms with E-state index in [1.807, 2.05) is 13.0 Å². The maximum absolute atomic E-state index is 13.5. The summed E-state index contributed by atoms with van der Waals surface area (Å²) < 4.78 is 56.9. The van der Waals surface area contributed by atoms with Crippen LogP contribution < -0.4 is 15.2 Å². The minimum Gasteiger partial charge on any atom is -0.493 e. The predicted octanol–water partition coefficient (Wildman–Crippen LogP) is 4.14. The summed E-state index contributed by atoms with van der Waals surface area (Å²) in [6.07, 6.45) is 1.63. The number of nitrogens with zero attached hydrogens (tertiary/aromatic N) is 2. The number of para-hydroxylation sites is 2. The molecule has 0 aliphatic rings. The SMILES string of the molecule is CCc1cc2c(C(N)=O)c(-c3ccc(F)cc3)oc2nc1CN(CCOc1ccccc1OC)S(C)(=O)=O. The Hall–Kier alpha value is -3.96. The first-order chi connectivity index (χ1) is 18.1. The Morgan fingerprint density at radius 1 is 1.13 bits per heavy atom. The molecule has 0 saturated carbocycles. The maximum atomic E-state index is 13.5. The minimum atomic E-state index is -3.63. The van der Waals surface area contributed by atoms with Gasteiger partial charge in [-0.15, -0.1) is 0 Å². The van der Waals surface area contributed by atoms with Crippen molar-refractivity contribution in [2.24, 2.45) is 5.73 Å². The van der Waals surface area contributed by atoms with Gasteiger partial charge in [-0.3, -0.25) is 4.79 Å². The number of halogens is 1. The van der Waals surface area contributed by atoms with Crippen molar-refractivity contribution < 1.29 is 31.5 Å². The summed E-state index contributed by atoms with van der Waals surface area (Å²) in [6.45, 7) is 2.00. The Morgan fingerprint density at radius 3 is 2.42 bits per heavy atom. The van der Waals surface area contributed by atoms with Crippen LogP contribution in [0.25, 0.3) is 22.4 Å². The zero-order chi connectivity index (χ0) is 27.4. The second-order valence-electron chi connectivity index (χ2n) is 8.57. The van der Waals surface area contributed by atoms with E-state index in [1.54, 1.807) is 24.3 Å². The molecule has 2 heterocycles. The van der Waals surface area contributed by atoms with Gasteiger partial charge < -0.3 is 19.6 Å². The number of methoxy groups -OCH3 is 1. The summed E-state index contributed by atoms with van der Waals surface area (Å²) in [5, 5.41) is 0.405. The Labute approximate surface area is 220 Å². The summed E-state index contributed by atoms with van der Waals surface area (Å²) in [7, 11) is -2.11. The predicted molar refractivity (Wildman–Crippen MR) is 141 cm³/mol. The highest BCUT2D eigenvalue weighted by Gasteiger charge is 2.25. The van der Waals surface area contributed by atoms with E-state index in [9.17, 15) is 17.6 Å². The maximum Gasteiger partial charge on any atom is 0.253 e. The Balaban J connectivity index is 1.67. The third-order valence-electron chi connectivity index (χ3n) is 6.05. The number of hydrogen-bond acceptors (Lipinski definition) is 7. The van der Waals surface area contributed by atoms with E-state index < -0.39 is 21.7 Å². The number of hydrogen-bond donors (Lipinski definition) is 1. The average molecular weight is 542 g/mol. The summed E-state index contributed by atoms with van der Waals surface area (Å²) in [4.78, 5) is 16.9. The number of rotatable bonds is 11. The molecule has 4 rings (SSSR count). The minimum absolute atomic E-state index is 0.0360. The fourth-order valence-electron chi connectivity index (χ4n) is 4.12. The van der Waals surface area contributed by atoms with Crippen LogP contribution in [0.15, 0.2) is 59.0 Å². The first-order valence-corrected chi connectivity index (χ1v) is 13.7. The molecule has 0 saturated heterocycles. The number of pyridine rings is 1. The van der Waals surface area contributed by atoms with E-state index in [0.29, 0.717) is 34.6 Å². The average Bonchev–Trinajstić information content (AvgIpc) is 3.26. The number of furan rings is 1. The summed E-state index contributed by atoms with van der Waals surface area (Å²) in [5.41, 5.74) is 7.59. The molecule has 9 nitrogen and oxygen atoms in total. The monoisotopic (exact) mass is 541 g/mol. The van der Waals surface area contributed by atoms with Crippen LogP contribution in [0.2, 0.25) is 0 Å². The first kappa shape index (κ1) is 27.1. The molecule has 2 aromatic heterocycles. The molecule has 4 aromatic rings. The first-order valence-electron chi connectivity index (χ1n) is 11.8. The number of primary amides is 1. The highest BCUT2D eigenvalue weighted by Crippen LogP contribution is 2.34. The van der Waals surface area contributed by atoms with Gasteiger partial charge in [-0.1, -0.05) is 19.1 Å². The molecule has 0 fully saturated rings. The second kappa shape index (κ2) is 11.2. The van der Waals surface area contributed by atoms with Crippen LogP contribution in [0.5, 0.6) is 11.5 Å². The van der Waals surface area contributed by atoms with Gasteiger partial charge in [0.15, 0.2) is 11.5 Å². The number of aromatic nitrogens is 1. The number of nitrogens with two attached hydrogens (primary N) is 1. The molecule has 0 aliphatic heterocycles. The van der Waals surface area contributed by atoms with Gasteiger partial charge in [0.05, 0.1) is 36.6 Å². The van der Waals surface area contributed by atoms with Gasteiger partial charge in [-0.25, -0.2) is 17.8 Å². The summed E-state index contributed by atoms with van der Waals surface area (Å²) >= 11 is 0. The highest BCUT2D eigenvalue weighted by molar-refractivity contribution is 7.88. The quantitative estimate of drug-likeness (QED) is 0.302. The molecule has 38 heavy (non-hydrogen) atoms. The van der Waals surface area contributed by atoms with Crippen LogP contribution in [0, 0.1) is 5.82 Å². The number of sulfonamides is 1. The highest BCUT2D eigenvalue weighted by atomic mass is 32.2. The topological polar surface area (TPSA) is 125 Å². The molecule has 2 N–H and O–H groups in total. The second-order valence-corrected chi connectivity index (χ2v) is 10.6. The molecule has 0 bridgehead atoms. The van der Waals surface area contributed by atoms with Crippen LogP contribution in [-0.2, 0) is 23.0 Å². The van der Waals surface area contributed by atoms with Gasteiger partial charge in [0, 0.05) is 12.1 Å². The number of carbonyl (C=O) groups excluding carboxylic acids is 1. The van der Waals surface area contributed by atoms with E-state index in [0.717, 1.165) is 11.8 Å². The molecule has 200 valence electrons. The number of benzene rings is 2. The largest absolute Gasteiger partial charge is 0.493 e. The third-order valence-corrected chi connectivity index (χ3v) is 7.30. The van der Waals surface area contributed by atoms with Crippen molar-refractivity contribution in [2.45, 2.75) is 19.9 Å². The van der Waals surface area contributed by atoms with Crippen LogP contribution in [0.4, 0.5) is 4.39 Å². The van der Waals surface area contributed by atoms with E-state index in [4.69, 9.17) is 19.6 Å². The molecular weight excluding hydrogens is 513 g/mol. The van der Waals surface area contributed by atoms with Crippen LogP contribution >= 0.6 is 0 Å². The molecule has 0 atom stereocenters. The standard InChI is InChI=1S/C27H28FN3O6S/c1-4-17-15-20-24(26(29)32)25(18-9-11-19(28)12-10-18)37-27(20)30-21(17)16-31(38(3,33)34)13-14-36-23-8-6-5-7-22(23)35-2/h5-12,15H,4,13-14,16H2,1-3H3,(H2,29,32). The van der Waals surface area contributed by atoms with E-state index in [2.05, 4.69) is 4.98 Å². The molecule has 0 aliphatic carbocycles. The van der Waals surface area contributed by atoms with Gasteiger partial charge in [0.25, 0.3) is 5.91 Å². The van der Waals surface area contributed by atoms with Crippen molar-refractivity contribution in [1.82, 2.24) is 9.29 Å². The zero-order valence-corrected chi connectivity index (χ0v) is 22.0. The molecule has 0 spiro atoms. The zero-order valence-electron chi connectivity index (χ0n) is 21.2. The molecule has 0 unspecified atom stereocenters. The fraction of sp³-hybridized carbons (Fsp3) is 0.259. The van der Waals surface area contributed by atoms with Crippen molar-refractivity contribution >= 4 is 27.0 Å². The molecule has 11 heteroatoms. The van der Waals surface area contributed by atoms with Gasteiger partial charge in [0.1, 0.15) is 18.2 Å². The van der Waals surface area contributed by atoms with Crippen molar-refractivity contribution in [3.63, 3.8) is 0 Å². The van der Waals surface area contributed by atoms with Crippen LogP contribution in [-0.4, -0.2) is 50.1 Å². The Kier molecular flexibility index (Phi) is 7.98. The lowest BCUT2D eigenvalue weighted by Crippen LogP contribution is -2.34. The van der Waals surface area contributed by atoms with Gasteiger partial charge >= 0.3 is 0 Å². The Bertz CT molecular complexity index is 1570. The lowest BCUT2D eigenvalue weighted by Gasteiger charge is -2.21. The molecule has 0 radical (unpaired) electrons. The smallest absolute Gasteiger partial charge is 0.253 e. The van der Waals surface area contributed by atoms with Gasteiger partial charge in [-0.05, 0) is 54.4 Å². The van der Waals surface area contributed by atoms with Crippen molar-refractivity contribution in [3.8, 4) is 22.8 Å². The normalized spacial score (nSPS) is 11.7. The van der Waals surface area contributed by atoms with Gasteiger partial charge in [-0.2, -0.15) is 4.31 Å². The van der Waals surface area contributed by atoms with Crippen LogP contribution in [0.3, 0.4) is 0 Å². The van der Waals surface area contributed by atoms with E-state index in [1.165, 1.54) is 35.7 Å². The van der Waals surface area contributed by atoms with Crippen molar-refractivity contribution in [2.75, 3.05) is 26.5 Å². The number of amides is 1. The van der Waals surface area contributed by atoms with E-state index in [-0.39, 0.29) is 36.7 Å². The lowest BCUT2D eigenvalue weighted by molar-refractivity contribution is 0.100. The summed E-state index contributed by atoms with van der Waals surface area (Å²) in [5.74, 6) is 0.0592. The summed E-state index contributed by atoms with van der Waals surface area (Å²) in [6, 6.07) is 14.3.